The van der Waals surface area contributed by atoms with Crippen LogP contribution in [0.5, 0.6) is 0 Å². The molecule has 0 saturated carbocycles. The summed E-state index contributed by atoms with van der Waals surface area (Å²) < 4.78 is 60.7. The van der Waals surface area contributed by atoms with Gasteiger partial charge in [0.25, 0.3) is 19.2 Å². The molecule has 2 aliphatic heterocycles. The third-order valence-electron chi connectivity index (χ3n) is 5.23. The van der Waals surface area contributed by atoms with E-state index in [1.807, 2.05) is 13.8 Å². The van der Waals surface area contributed by atoms with E-state index in [-0.39, 0.29) is 22.0 Å². The number of aliphatic hydroxyl groups excluding tert-OH is 1. The van der Waals surface area contributed by atoms with E-state index in [1.54, 1.807) is 36.4 Å². The predicted molar refractivity (Wildman–Crippen MR) is 134 cm³/mol. The molecule has 2 saturated heterocycles. The highest BCUT2D eigenvalue weighted by Crippen LogP contribution is 2.20. The van der Waals surface area contributed by atoms with Crippen LogP contribution in [0.3, 0.4) is 0 Å². The van der Waals surface area contributed by atoms with Crippen LogP contribution in [0, 0.1) is 13.8 Å². The summed E-state index contributed by atoms with van der Waals surface area (Å²) in [5, 5.41) is 8.83. The molecule has 0 aromatic heterocycles. The van der Waals surface area contributed by atoms with Crippen LogP contribution in [0.1, 0.15) is 36.8 Å². The molecule has 2 aromatic carbocycles. The summed E-state index contributed by atoms with van der Waals surface area (Å²) in [6.45, 7) is 6.39. The Kier molecular flexibility index (Phi) is 12.1. The minimum Gasteiger partial charge on any atom is -0.393 e. The van der Waals surface area contributed by atoms with Crippen LogP contribution >= 0.6 is 10.7 Å². The van der Waals surface area contributed by atoms with Gasteiger partial charge in [0, 0.05) is 37.1 Å². The van der Waals surface area contributed by atoms with Crippen molar-refractivity contribution < 1.29 is 35.6 Å². The molecule has 0 atom stereocenters. The summed E-state index contributed by atoms with van der Waals surface area (Å²) in [4.78, 5) is 0.361. The smallest absolute Gasteiger partial charge is 0.297 e. The van der Waals surface area contributed by atoms with E-state index >= 15 is 0 Å². The Bertz CT molecular complexity index is 1090. The van der Waals surface area contributed by atoms with Gasteiger partial charge in [-0.1, -0.05) is 35.4 Å². The number of ether oxygens (including phenoxy) is 2. The zero-order valence-corrected chi connectivity index (χ0v) is 22.3. The standard InChI is InChI=1S/C12H16O4S.C7H7ClO2S.C5H10O2/c1-10-2-4-12(5-3-10)17(13,14)16-11-6-8-15-9-7-11;1-6-2-4-7(5-3-6)11(8,9)10;6-5-1-3-7-4-2-5/h2-5,11H,6-9H2,1H3;2-5H,1H3;5-6H,1-4H2. The van der Waals surface area contributed by atoms with Crippen molar-refractivity contribution in [1.82, 2.24) is 0 Å². The number of hydrogen-bond acceptors (Lipinski definition) is 8. The van der Waals surface area contributed by atoms with Crippen molar-refractivity contribution in [3.05, 3.63) is 59.7 Å². The summed E-state index contributed by atoms with van der Waals surface area (Å²) in [5.74, 6) is 0. The topological polar surface area (TPSA) is 116 Å². The lowest BCUT2D eigenvalue weighted by Gasteiger charge is -2.21. The first-order valence-electron chi connectivity index (χ1n) is 11.3. The van der Waals surface area contributed by atoms with Gasteiger partial charge in [-0.15, -0.1) is 0 Å². The van der Waals surface area contributed by atoms with Crippen LogP contribution in [0.25, 0.3) is 0 Å². The van der Waals surface area contributed by atoms with E-state index in [2.05, 4.69) is 0 Å². The molecule has 0 aliphatic carbocycles. The lowest BCUT2D eigenvalue weighted by molar-refractivity contribution is 0.0140. The van der Waals surface area contributed by atoms with Crippen molar-refractivity contribution in [2.45, 2.75) is 61.5 Å². The average molecular weight is 549 g/mol. The Balaban J connectivity index is 0.000000205. The molecule has 0 spiro atoms. The van der Waals surface area contributed by atoms with Crippen molar-refractivity contribution in [2.24, 2.45) is 0 Å². The Morgan fingerprint density at radius 1 is 0.743 bits per heavy atom. The van der Waals surface area contributed by atoms with E-state index < -0.39 is 19.2 Å². The maximum atomic E-state index is 11.9. The minimum atomic E-state index is -3.63. The number of aryl methyl sites for hydroxylation is 2. The molecular weight excluding hydrogens is 516 g/mol. The molecule has 1 N–H and O–H groups in total. The van der Waals surface area contributed by atoms with Crippen molar-refractivity contribution in [1.29, 1.82) is 0 Å². The second kappa shape index (κ2) is 14.3. The molecule has 2 aromatic rings. The molecule has 4 rings (SSSR count). The van der Waals surface area contributed by atoms with Gasteiger partial charge in [-0.3, -0.25) is 4.18 Å². The quantitative estimate of drug-likeness (QED) is 0.451. The molecule has 2 heterocycles. The first-order chi connectivity index (χ1) is 16.5. The highest BCUT2D eigenvalue weighted by atomic mass is 35.7. The lowest BCUT2D eigenvalue weighted by Crippen LogP contribution is -2.26. The van der Waals surface area contributed by atoms with E-state index in [9.17, 15) is 16.8 Å². The van der Waals surface area contributed by atoms with E-state index in [4.69, 9.17) is 29.4 Å². The maximum Gasteiger partial charge on any atom is 0.297 e. The van der Waals surface area contributed by atoms with Crippen molar-refractivity contribution in [3.8, 4) is 0 Å². The van der Waals surface area contributed by atoms with Gasteiger partial charge in [0.2, 0.25) is 0 Å². The predicted octanol–water partition coefficient (Wildman–Crippen LogP) is 3.96. The van der Waals surface area contributed by atoms with Gasteiger partial charge in [0.15, 0.2) is 0 Å². The number of hydrogen-bond donors (Lipinski definition) is 1. The first kappa shape index (κ1) is 29.7. The summed E-state index contributed by atoms with van der Waals surface area (Å²) >= 11 is 0. The molecule has 196 valence electrons. The largest absolute Gasteiger partial charge is 0.393 e. The minimum absolute atomic E-state index is 0.0891. The zero-order valence-electron chi connectivity index (χ0n) is 19.9. The second-order valence-electron chi connectivity index (χ2n) is 8.27. The van der Waals surface area contributed by atoms with Crippen LogP contribution in [-0.2, 0) is 32.8 Å². The molecule has 2 fully saturated rings. The monoisotopic (exact) mass is 548 g/mol. The highest BCUT2D eigenvalue weighted by molar-refractivity contribution is 8.13. The van der Waals surface area contributed by atoms with Crippen molar-refractivity contribution >= 4 is 29.9 Å². The van der Waals surface area contributed by atoms with E-state index in [0.717, 1.165) is 37.2 Å². The molecular formula is C24H33ClO8S2. The first-order valence-corrected chi connectivity index (χ1v) is 15.0. The molecule has 0 unspecified atom stereocenters. The van der Waals surface area contributed by atoms with E-state index in [0.29, 0.717) is 26.1 Å². The van der Waals surface area contributed by atoms with Crippen LogP contribution in [0.4, 0.5) is 0 Å². The maximum absolute atomic E-state index is 11.9. The number of aliphatic hydroxyl groups is 1. The fourth-order valence-corrected chi connectivity index (χ4v) is 5.00. The summed E-state index contributed by atoms with van der Waals surface area (Å²) in [6, 6.07) is 13.0. The van der Waals surface area contributed by atoms with Crippen molar-refractivity contribution in [3.63, 3.8) is 0 Å². The summed E-state index contributed by atoms with van der Waals surface area (Å²) in [5.41, 5.74) is 2.03. The zero-order chi connectivity index (χ0) is 25.9. The Labute approximate surface area is 212 Å². The van der Waals surface area contributed by atoms with Crippen LogP contribution < -0.4 is 0 Å². The van der Waals surface area contributed by atoms with Gasteiger partial charge in [-0.2, -0.15) is 8.42 Å². The Morgan fingerprint density at radius 3 is 1.51 bits per heavy atom. The van der Waals surface area contributed by atoms with Gasteiger partial charge >= 0.3 is 0 Å². The van der Waals surface area contributed by atoms with E-state index in [1.165, 1.54) is 12.1 Å². The molecule has 0 radical (unpaired) electrons. The third-order valence-corrected chi connectivity index (χ3v) is 7.98. The molecule has 2 aliphatic rings. The normalized spacial score (nSPS) is 17.5. The van der Waals surface area contributed by atoms with Gasteiger partial charge in [-0.05, 0) is 63.8 Å². The fraction of sp³-hybridized carbons (Fsp3) is 0.500. The number of halogens is 1. The van der Waals surface area contributed by atoms with Crippen LogP contribution in [-0.4, -0.2) is 60.6 Å². The Morgan fingerprint density at radius 2 is 1.14 bits per heavy atom. The second-order valence-corrected chi connectivity index (χ2v) is 12.4. The van der Waals surface area contributed by atoms with Gasteiger partial charge in [0.1, 0.15) is 0 Å². The van der Waals surface area contributed by atoms with Crippen molar-refractivity contribution in [2.75, 3.05) is 26.4 Å². The summed E-state index contributed by atoms with van der Waals surface area (Å²) in [6.07, 6.45) is 2.56. The highest BCUT2D eigenvalue weighted by Gasteiger charge is 2.23. The average Bonchev–Trinajstić information content (AvgIpc) is 2.81. The number of rotatable bonds is 4. The molecule has 8 nitrogen and oxygen atoms in total. The summed E-state index contributed by atoms with van der Waals surface area (Å²) in [7, 11) is -2.10. The third kappa shape index (κ3) is 11.4. The molecule has 0 bridgehead atoms. The van der Waals surface area contributed by atoms with Crippen LogP contribution in [0.15, 0.2) is 58.3 Å². The SMILES string of the molecule is Cc1ccc(S(=O)(=O)Cl)cc1.Cc1ccc(S(=O)(=O)OC2CCOCC2)cc1.OC1CCOCC1. The van der Waals surface area contributed by atoms with Gasteiger partial charge in [-0.25, -0.2) is 8.42 Å². The molecule has 11 heteroatoms. The number of benzene rings is 2. The van der Waals surface area contributed by atoms with Gasteiger partial charge in [0.05, 0.1) is 22.0 Å². The molecule has 35 heavy (non-hydrogen) atoms. The van der Waals surface area contributed by atoms with Crippen LogP contribution in [0.2, 0.25) is 0 Å². The lowest BCUT2D eigenvalue weighted by atomic mass is 10.2. The fourth-order valence-electron chi connectivity index (χ4n) is 3.10. The molecule has 0 amide bonds. The Hall–Kier alpha value is -1.53. The van der Waals surface area contributed by atoms with Gasteiger partial charge < -0.3 is 14.6 Å².